The Balaban J connectivity index is 2.58. The lowest BCUT2D eigenvalue weighted by Gasteiger charge is -2.15. The molecule has 1 rings (SSSR count). The van der Waals surface area contributed by atoms with Gasteiger partial charge in [-0.25, -0.2) is 4.79 Å². The van der Waals surface area contributed by atoms with Crippen molar-refractivity contribution in [3.63, 3.8) is 0 Å². The molecular formula is C18H24O4. The molecule has 1 aromatic rings. The maximum Gasteiger partial charge on any atom is 0.330 e. The summed E-state index contributed by atoms with van der Waals surface area (Å²) in [6.07, 6.45) is 4.46. The Bertz CT molecular complexity index is 520. The Morgan fingerprint density at radius 2 is 2.09 bits per heavy atom. The summed E-state index contributed by atoms with van der Waals surface area (Å²) in [5.41, 5.74) is 2.55. The van der Waals surface area contributed by atoms with Crippen LogP contribution in [0.2, 0.25) is 0 Å². The van der Waals surface area contributed by atoms with Crippen molar-refractivity contribution in [1.29, 1.82) is 0 Å². The molecule has 0 saturated carbocycles. The van der Waals surface area contributed by atoms with Gasteiger partial charge in [0.1, 0.15) is 6.29 Å². The molecule has 0 aliphatic carbocycles. The minimum absolute atomic E-state index is 0.0554. The number of hydrogen-bond acceptors (Lipinski definition) is 4. The summed E-state index contributed by atoms with van der Waals surface area (Å²) in [6.45, 7) is 4.07. The average Bonchev–Trinajstić information content (AvgIpc) is 2.51. The molecule has 0 radical (unpaired) electrons. The fourth-order valence-corrected chi connectivity index (χ4v) is 2.29. The minimum atomic E-state index is -0.327. The zero-order valence-corrected chi connectivity index (χ0v) is 13.2. The first-order chi connectivity index (χ1) is 10.6. The van der Waals surface area contributed by atoms with Gasteiger partial charge in [0.25, 0.3) is 0 Å². The second-order valence-electron chi connectivity index (χ2n) is 5.35. The second-order valence-corrected chi connectivity index (χ2v) is 5.35. The molecule has 4 nitrogen and oxygen atoms in total. The normalized spacial score (nSPS) is 12.8. The molecule has 1 unspecified atom stereocenters. The van der Waals surface area contributed by atoms with Crippen LogP contribution in [-0.4, -0.2) is 30.6 Å². The second kappa shape index (κ2) is 9.90. The number of esters is 1. The standard InChI is InChI=1S/C18H24O4/c1-3-22-18(21)10-14(2)8-9-15(12-19)11-16-6-4-5-7-17(16)13-20/h4-7,10,13,15,19H,3,8-9,11-12H2,1-2H3/b14-10+. The van der Waals surface area contributed by atoms with E-state index < -0.39 is 0 Å². The highest BCUT2D eigenvalue weighted by atomic mass is 16.5. The van der Waals surface area contributed by atoms with E-state index in [1.54, 1.807) is 13.0 Å². The summed E-state index contributed by atoms with van der Waals surface area (Å²) in [6, 6.07) is 7.41. The van der Waals surface area contributed by atoms with E-state index in [9.17, 15) is 14.7 Å². The quantitative estimate of drug-likeness (QED) is 0.433. The predicted octanol–water partition coefficient (Wildman–Crippen LogP) is 2.94. The first-order valence-electron chi connectivity index (χ1n) is 7.58. The fraction of sp³-hybridized carbons (Fsp3) is 0.444. The van der Waals surface area contributed by atoms with E-state index in [0.29, 0.717) is 25.0 Å². The third kappa shape index (κ3) is 6.22. The van der Waals surface area contributed by atoms with Gasteiger partial charge < -0.3 is 9.84 Å². The number of rotatable bonds is 9. The lowest BCUT2D eigenvalue weighted by molar-refractivity contribution is -0.137. The molecule has 120 valence electrons. The third-order valence-corrected chi connectivity index (χ3v) is 3.55. The van der Waals surface area contributed by atoms with Gasteiger partial charge in [-0.15, -0.1) is 0 Å². The molecule has 0 spiro atoms. The van der Waals surface area contributed by atoms with Crippen LogP contribution in [0, 0.1) is 5.92 Å². The predicted molar refractivity (Wildman–Crippen MR) is 85.7 cm³/mol. The lowest BCUT2D eigenvalue weighted by Crippen LogP contribution is -2.11. The van der Waals surface area contributed by atoms with Crippen LogP contribution in [0.1, 0.15) is 42.6 Å². The van der Waals surface area contributed by atoms with E-state index in [1.807, 2.05) is 25.1 Å². The Morgan fingerprint density at radius 1 is 1.36 bits per heavy atom. The summed E-state index contributed by atoms with van der Waals surface area (Å²) < 4.78 is 4.87. The molecule has 1 aromatic carbocycles. The van der Waals surface area contributed by atoms with E-state index in [0.717, 1.165) is 23.8 Å². The van der Waals surface area contributed by atoms with Crippen LogP contribution in [-0.2, 0) is 16.0 Å². The summed E-state index contributed by atoms with van der Waals surface area (Å²) in [7, 11) is 0. The molecule has 0 amide bonds. The third-order valence-electron chi connectivity index (χ3n) is 3.55. The molecule has 0 heterocycles. The van der Waals surface area contributed by atoms with Crippen molar-refractivity contribution in [2.75, 3.05) is 13.2 Å². The van der Waals surface area contributed by atoms with Crippen LogP contribution in [0.25, 0.3) is 0 Å². The molecule has 0 aliphatic rings. The van der Waals surface area contributed by atoms with Crippen LogP contribution in [0.15, 0.2) is 35.9 Å². The van der Waals surface area contributed by atoms with Crippen LogP contribution in [0.4, 0.5) is 0 Å². The molecule has 1 atom stereocenters. The number of aldehydes is 1. The maximum atomic E-state index is 11.4. The number of allylic oxidation sites excluding steroid dienone is 1. The number of aliphatic hydroxyl groups is 1. The molecule has 0 aromatic heterocycles. The van der Waals surface area contributed by atoms with Crippen molar-refractivity contribution in [3.8, 4) is 0 Å². The Hall–Kier alpha value is -1.94. The number of hydrogen-bond donors (Lipinski definition) is 1. The monoisotopic (exact) mass is 304 g/mol. The number of carbonyl (C=O) groups is 2. The van der Waals surface area contributed by atoms with Gasteiger partial charge in [0, 0.05) is 18.2 Å². The molecule has 22 heavy (non-hydrogen) atoms. The maximum absolute atomic E-state index is 11.4. The number of aliphatic hydroxyl groups excluding tert-OH is 1. The summed E-state index contributed by atoms with van der Waals surface area (Å²) in [4.78, 5) is 22.4. The average molecular weight is 304 g/mol. The van der Waals surface area contributed by atoms with Crippen molar-refractivity contribution < 1.29 is 19.4 Å². The topological polar surface area (TPSA) is 63.6 Å². The molecule has 0 aliphatic heterocycles. The highest BCUT2D eigenvalue weighted by Crippen LogP contribution is 2.19. The van der Waals surface area contributed by atoms with Gasteiger partial charge in [-0.1, -0.05) is 29.8 Å². The van der Waals surface area contributed by atoms with Gasteiger partial charge in [0.2, 0.25) is 0 Å². The SMILES string of the molecule is CCOC(=O)/C=C(\C)CCC(CO)Cc1ccccc1C=O. The first kappa shape index (κ1) is 18.1. The Kier molecular flexibility index (Phi) is 8.15. The van der Waals surface area contributed by atoms with Crippen LogP contribution in [0.3, 0.4) is 0 Å². The number of carbonyl (C=O) groups excluding carboxylic acids is 2. The first-order valence-corrected chi connectivity index (χ1v) is 7.58. The van der Waals surface area contributed by atoms with Gasteiger partial charge in [-0.3, -0.25) is 4.79 Å². The van der Waals surface area contributed by atoms with Gasteiger partial charge >= 0.3 is 5.97 Å². The summed E-state index contributed by atoms with van der Waals surface area (Å²) in [5, 5.41) is 9.53. The molecule has 1 N–H and O–H groups in total. The van der Waals surface area contributed by atoms with Gasteiger partial charge in [-0.2, -0.15) is 0 Å². The minimum Gasteiger partial charge on any atom is -0.463 e. The number of benzene rings is 1. The Morgan fingerprint density at radius 3 is 2.73 bits per heavy atom. The van der Waals surface area contributed by atoms with Crippen molar-refractivity contribution in [3.05, 3.63) is 47.0 Å². The highest BCUT2D eigenvalue weighted by Gasteiger charge is 2.11. The van der Waals surface area contributed by atoms with E-state index >= 15 is 0 Å². The van der Waals surface area contributed by atoms with Gasteiger partial charge in [-0.05, 0) is 44.6 Å². The van der Waals surface area contributed by atoms with Crippen LogP contribution < -0.4 is 0 Å². The largest absolute Gasteiger partial charge is 0.463 e. The van der Waals surface area contributed by atoms with Crippen LogP contribution >= 0.6 is 0 Å². The summed E-state index contributed by atoms with van der Waals surface area (Å²) >= 11 is 0. The smallest absolute Gasteiger partial charge is 0.330 e. The van der Waals surface area contributed by atoms with Crippen molar-refractivity contribution in [2.45, 2.75) is 33.1 Å². The molecule has 0 bridgehead atoms. The number of ether oxygens (including phenoxy) is 1. The highest BCUT2D eigenvalue weighted by molar-refractivity contribution is 5.82. The molecule has 0 fully saturated rings. The lowest BCUT2D eigenvalue weighted by atomic mass is 9.92. The molecular weight excluding hydrogens is 280 g/mol. The molecule has 4 heteroatoms. The zero-order valence-electron chi connectivity index (χ0n) is 13.2. The van der Waals surface area contributed by atoms with Crippen molar-refractivity contribution in [2.24, 2.45) is 5.92 Å². The van der Waals surface area contributed by atoms with Crippen LogP contribution in [0.5, 0.6) is 0 Å². The fourth-order valence-electron chi connectivity index (χ4n) is 2.29. The zero-order chi connectivity index (χ0) is 16.4. The van der Waals surface area contributed by atoms with E-state index in [1.165, 1.54) is 6.08 Å². The van der Waals surface area contributed by atoms with Gasteiger partial charge in [0.15, 0.2) is 0 Å². The van der Waals surface area contributed by atoms with E-state index in [2.05, 4.69) is 0 Å². The van der Waals surface area contributed by atoms with Crippen molar-refractivity contribution >= 4 is 12.3 Å². The Labute approximate surface area is 131 Å². The molecule has 0 saturated heterocycles. The van der Waals surface area contributed by atoms with Crippen molar-refractivity contribution in [1.82, 2.24) is 0 Å². The van der Waals surface area contributed by atoms with Gasteiger partial charge in [0.05, 0.1) is 6.61 Å². The van der Waals surface area contributed by atoms with E-state index in [4.69, 9.17) is 4.74 Å². The summed E-state index contributed by atoms with van der Waals surface area (Å²) in [5.74, 6) is -0.265. The van der Waals surface area contributed by atoms with E-state index in [-0.39, 0.29) is 18.5 Å².